The minimum absolute atomic E-state index is 0. The van der Waals surface area contributed by atoms with Crippen LogP contribution in [-0.2, 0) is 14.4 Å². The van der Waals surface area contributed by atoms with Gasteiger partial charge in [0, 0.05) is 43.1 Å². The fraction of sp³-hybridized carbons (Fsp3) is 0.312. The SMILES string of the molecule is C=C(C)C(=O)Nc1ccc(NCCN(CC(=O)[O-])CC(=O)[O-])cc1.[Na+].[Na+]. The summed E-state index contributed by atoms with van der Waals surface area (Å²) < 4.78 is 0. The summed E-state index contributed by atoms with van der Waals surface area (Å²) in [6.07, 6.45) is 0. The quantitative estimate of drug-likeness (QED) is 0.306. The zero-order valence-electron chi connectivity index (χ0n) is 15.3. The van der Waals surface area contributed by atoms with Gasteiger partial charge in [0.1, 0.15) is 0 Å². The Bertz CT molecular complexity index is 607. The first-order valence-corrected chi connectivity index (χ1v) is 7.20. The van der Waals surface area contributed by atoms with Gasteiger partial charge in [0.2, 0.25) is 0 Å². The number of carboxylic acids is 2. The summed E-state index contributed by atoms with van der Waals surface area (Å²) in [7, 11) is 0. The zero-order valence-corrected chi connectivity index (χ0v) is 19.3. The van der Waals surface area contributed by atoms with Crippen molar-refractivity contribution >= 4 is 29.2 Å². The van der Waals surface area contributed by atoms with Crippen molar-refractivity contribution in [1.29, 1.82) is 0 Å². The molecule has 26 heavy (non-hydrogen) atoms. The molecule has 0 saturated heterocycles. The smallest absolute Gasteiger partial charge is 0.549 e. The van der Waals surface area contributed by atoms with E-state index in [1.54, 1.807) is 31.2 Å². The Morgan fingerprint density at radius 3 is 1.88 bits per heavy atom. The second kappa shape index (κ2) is 14.2. The molecule has 0 atom stereocenters. The van der Waals surface area contributed by atoms with Gasteiger partial charge in [-0.05, 0) is 31.2 Å². The van der Waals surface area contributed by atoms with Crippen LogP contribution >= 0.6 is 0 Å². The molecule has 0 fully saturated rings. The molecule has 0 unspecified atom stereocenters. The van der Waals surface area contributed by atoms with Gasteiger partial charge in [-0.25, -0.2) is 0 Å². The van der Waals surface area contributed by atoms with Crippen LogP contribution in [0.25, 0.3) is 0 Å². The molecule has 1 rings (SSSR count). The van der Waals surface area contributed by atoms with Crippen molar-refractivity contribution in [2.75, 3.05) is 36.8 Å². The third kappa shape index (κ3) is 11.7. The van der Waals surface area contributed by atoms with Gasteiger partial charge in [0.15, 0.2) is 0 Å². The number of nitrogens with zero attached hydrogens (tertiary/aromatic N) is 1. The van der Waals surface area contributed by atoms with Crippen LogP contribution in [0.4, 0.5) is 11.4 Å². The van der Waals surface area contributed by atoms with Crippen LogP contribution in [0.3, 0.4) is 0 Å². The maximum Gasteiger partial charge on any atom is 1.00 e. The van der Waals surface area contributed by atoms with E-state index < -0.39 is 25.0 Å². The Hall–Kier alpha value is -0.870. The molecule has 130 valence electrons. The zero-order chi connectivity index (χ0) is 18.1. The minimum atomic E-state index is -1.35. The number of nitrogens with one attached hydrogen (secondary N) is 2. The molecule has 0 aromatic heterocycles. The van der Waals surface area contributed by atoms with Crippen LogP contribution in [0.5, 0.6) is 0 Å². The molecule has 0 aliphatic heterocycles. The van der Waals surface area contributed by atoms with E-state index in [0.29, 0.717) is 17.8 Å². The topological polar surface area (TPSA) is 125 Å². The summed E-state index contributed by atoms with van der Waals surface area (Å²) in [5, 5.41) is 26.8. The second-order valence-electron chi connectivity index (χ2n) is 5.19. The largest absolute Gasteiger partial charge is 1.00 e. The first kappa shape index (κ1) is 27.3. The molecule has 1 aromatic rings. The second-order valence-corrected chi connectivity index (χ2v) is 5.19. The average molecular weight is 379 g/mol. The molecule has 0 radical (unpaired) electrons. The Balaban J connectivity index is 0. The Morgan fingerprint density at radius 1 is 1.00 bits per heavy atom. The van der Waals surface area contributed by atoms with Crippen molar-refractivity contribution in [3.63, 3.8) is 0 Å². The fourth-order valence-corrected chi connectivity index (χ4v) is 1.85. The minimum Gasteiger partial charge on any atom is -0.549 e. The van der Waals surface area contributed by atoms with Crippen LogP contribution in [0.2, 0.25) is 0 Å². The number of anilines is 2. The average Bonchev–Trinajstić information content (AvgIpc) is 2.47. The van der Waals surface area contributed by atoms with Gasteiger partial charge >= 0.3 is 59.1 Å². The van der Waals surface area contributed by atoms with Crippen molar-refractivity contribution in [3.05, 3.63) is 36.4 Å². The van der Waals surface area contributed by atoms with Gasteiger partial charge in [0.05, 0.1) is 11.9 Å². The van der Waals surface area contributed by atoms with Crippen molar-refractivity contribution in [2.24, 2.45) is 0 Å². The molecular formula is C16H19N3Na2O5. The molecule has 10 heteroatoms. The van der Waals surface area contributed by atoms with Gasteiger partial charge in [-0.15, -0.1) is 0 Å². The maximum atomic E-state index is 11.5. The third-order valence-corrected chi connectivity index (χ3v) is 2.99. The molecular weight excluding hydrogens is 360 g/mol. The van der Waals surface area contributed by atoms with E-state index in [1.165, 1.54) is 4.90 Å². The van der Waals surface area contributed by atoms with Gasteiger partial charge in [-0.2, -0.15) is 0 Å². The standard InChI is InChI=1S/C16H21N3O5.2Na/c1-11(2)16(24)18-13-5-3-12(4-6-13)17-7-8-19(9-14(20)21)10-15(22)23;;/h3-6,17H,1,7-10H2,2H3,(H,18,24)(H,20,21)(H,22,23);;/q;2*+1/p-2. The van der Waals surface area contributed by atoms with Crippen molar-refractivity contribution in [3.8, 4) is 0 Å². The molecule has 0 aliphatic rings. The summed E-state index contributed by atoms with van der Waals surface area (Å²) >= 11 is 0. The number of amides is 1. The van der Waals surface area contributed by atoms with Gasteiger partial charge in [-0.3, -0.25) is 9.69 Å². The predicted octanol–water partition coefficient (Wildman–Crippen LogP) is -7.58. The molecule has 1 amide bonds. The fourth-order valence-electron chi connectivity index (χ4n) is 1.85. The molecule has 0 heterocycles. The number of hydrogen-bond acceptors (Lipinski definition) is 7. The van der Waals surface area contributed by atoms with Crippen LogP contribution < -0.4 is 80.0 Å². The van der Waals surface area contributed by atoms with E-state index in [0.717, 1.165) is 5.69 Å². The number of carbonyl (C=O) groups excluding carboxylic acids is 3. The predicted molar refractivity (Wildman–Crippen MR) is 84.8 cm³/mol. The number of carbonyl (C=O) groups is 3. The van der Waals surface area contributed by atoms with Crippen LogP contribution in [-0.4, -0.2) is 48.9 Å². The summed E-state index contributed by atoms with van der Waals surface area (Å²) in [5.74, 6) is -2.97. The molecule has 8 nitrogen and oxygen atoms in total. The first-order chi connectivity index (χ1) is 11.3. The Labute approximate surface area is 196 Å². The van der Waals surface area contributed by atoms with Gasteiger partial charge in [0.25, 0.3) is 5.91 Å². The number of aliphatic carboxylic acids is 2. The van der Waals surface area contributed by atoms with Gasteiger partial charge < -0.3 is 30.4 Å². The van der Waals surface area contributed by atoms with Crippen LogP contribution in [0.15, 0.2) is 36.4 Å². The van der Waals surface area contributed by atoms with E-state index in [9.17, 15) is 24.6 Å². The van der Waals surface area contributed by atoms with Crippen LogP contribution in [0.1, 0.15) is 6.92 Å². The van der Waals surface area contributed by atoms with Gasteiger partial charge in [-0.1, -0.05) is 6.58 Å². The first-order valence-electron chi connectivity index (χ1n) is 7.20. The molecule has 2 N–H and O–H groups in total. The van der Waals surface area contributed by atoms with Crippen molar-refractivity contribution in [2.45, 2.75) is 6.92 Å². The van der Waals surface area contributed by atoms with E-state index in [1.807, 2.05) is 0 Å². The normalized spacial score (nSPS) is 9.46. The Morgan fingerprint density at radius 2 is 1.46 bits per heavy atom. The summed E-state index contributed by atoms with van der Waals surface area (Å²) in [6, 6.07) is 6.86. The van der Waals surface area contributed by atoms with E-state index in [2.05, 4.69) is 17.2 Å². The van der Waals surface area contributed by atoms with Crippen molar-refractivity contribution in [1.82, 2.24) is 4.90 Å². The number of rotatable bonds is 10. The molecule has 0 aliphatic carbocycles. The number of benzene rings is 1. The maximum absolute atomic E-state index is 11.5. The number of carboxylic acid groups (broad SMARTS) is 2. The van der Waals surface area contributed by atoms with Crippen LogP contribution in [0, 0.1) is 0 Å². The molecule has 0 spiro atoms. The van der Waals surface area contributed by atoms with E-state index in [-0.39, 0.29) is 71.6 Å². The molecule has 0 saturated carbocycles. The molecule has 0 bridgehead atoms. The molecule has 1 aromatic carbocycles. The monoisotopic (exact) mass is 379 g/mol. The Kier molecular flexibility index (Phi) is 15.0. The van der Waals surface area contributed by atoms with E-state index >= 15 is 0 Å². The third-order valence-electron chi connectivity index (χ3n) is 2.99. The van der Waals surface area contributed by atoms with Crippen molar-refractivity contribution < 1.29 is 83.7 Å². The summed E-state index contributed by atoms with van der Waals surface area (Å²) in [5.41, 5.74) is 1.76. The number of hydrogen-bond donors (Lipinski definition) is 2. The van der Waals surface area contributed by atoms with E-state index in [4.69, 9.17) is 0 Å². The summed E-state index contributed by atoms with van der Waals surface area (Å²) in [6.45, 7) is 4.71. The summed E-state index contributed by atoms with van der Waals surface area (Å²) in [4.78, 5) is 33.8.